The zero-order valence-corrected chi connectivity index (χ0v) is 11.5. The van der Waals surface area contributed by atoms with Crippen molar-refractivity contribution in [2.24, 2.45) is 0 Å². The van der Waals surface area contributed by atoms with Crippen LogP contribution < -0.4 is 0 Å². The molecule has 0 radical (unpaired) electrons. The highest BCUT2D eigenvalue weighted by molar-refractivity contribution is 4.49. The van der Waals surface area contributed by atoms with Gasteiger partial charge >= 0.3 is 0 Å². The Kier molecular flexibility index (Phi) is 12.9. The summed E-state index contributed by atoms with van der Waals surface area (Å²) >= 11 is 0. The maximum atomic E-state index is 5.56. The Hall–Kier alpha value is -0.0800. The van der Waals surface area contributed by atoms with E-state index in [4.69, 9.17) is 9.47 Å². The van der Waals surface area contributed by atoms with Crippen LogP contribution in [0.3, 0.4) is 0 Å². The zero-order valence-electron chi connectivity index (χ0n) is 11.5. The topological polar surface area (TPSA) is 18.5 Å². The van der Waals surface area contributed by atoms with Gasteiger partial charge in [0.1, 0.15) is 0 Å². The van der Waals surface area contributed by atoms with Crippen molar-refractivity contribution < 1.29 is 9.47 Å². The fourth-order valence-corrected chi connectivity index (χ4v) is 1.79. The SMILES string of the molecule is CCCCCCCCCC(OC)OCCC. The van der Waals surface area contributed by atoms with Crippen molar-refractivity contribution >= 4 is 0 Å². The van der Waals surface area contributed by atoms with E-state index in [0.717, 1.165) is 19.4 Å². The van der Waals surface area contributed by atoms with E-state index in [1.807, 2.05) is 0 Å². The third-order valence-corrected chi connectivity index (χ3v) is 2.81. The summed E-state index contributed by atoms with van der Waals surface area (Å²) in [5.41, 5.74) is 0. The molecule has 0 N–H and O–H groups in total. The van der Waals surface area contributed by atoms with Gasteiger partial charge in [0.05, 0.1) is 0 Å². The van der Waals surface area contributed by atoms with E-state index in [9.17, 15) is 0 Å². The van der Waals surface area contributed by atoms with Crippen molar-refractivity contribution in [3.05, 3.63) is 0 Å². The van der Waals surface area contributed by atoms with Gasteiger partial charge in [-0.2, -0.15) is 0 Å². The Morgan fingerprint density at radius 2 is 1.44 bits per heavy atom. The van der Waals surface area contributed by atoms with Gasteiger partial charge in [-0.3, -0.25) is 0 Å². The number of rotatable bonds is 12. The molecule has 2 nitrogen and oxygen atoms in total. The summed E-state index contributed by atoms with van der Waals surface area (Å²) in [7, 11) is 1.74. The molecule has 0 rings (SSSR count). The number of hydrogen-bond acceptors (Lipinski definition) is 2. The van der Waals surface area contributed by atoms with Gasteiger partial charge in [0.2, 0.25) is 0 Å². The van der Waals surface area contributed by atoms with Crippen molar-refractivity contribution in [2.75, 3.05) is 13.7 Å². The molecule has 98 valence electrons. The molecule has 0 bridgehead atoms. The Bertz CT molecular complexity index is 126. The molecular weight excluding hydrogens is 200 g/mol. The molecular formula is C14H30O2. The van der Waals surface area contributed by atoms with Crippen LogP contribution in [0.15, 0.2) is 0 Å². The van der Waals surface area contributed by atoms with Crippen molar-refractivity contribution in [3.63, 3.8) is 0 Å². The maximum Gasteiger partial charge on any atom is 0.157 e. The van der Waals surface area contributed by atoms with Crippen molar-refractivity contribution in [1.82, 2.24) is 0 Å². The fourth-order valence-electron chi connectivity index (χ4n) is 1.79. The van der Waals surface area contributed by atoms with Crippen molar-refractivity contribution in [3.8, 4) is 0 Å². The highest BCUT2D eigenvalue weighted by Crippen LogP contribution is 2.11. The summed E-state index contributed by atoms with van der Waals surface area (Å²) in [4.78, 5) is 0. The molecule has 0 heterocycles. The Labute approximate surface area is 102 Å². The molecule has 0 amide bonds. The molecule has 16 heavy (non-hydrogen) atoms. The second-order valence-electron chi connectivity index (χ2n) is 4.45. The molecule has 1 unspecified atom stereocenters. The first kappa shape index (κ1) is 15.9. The van der Waals surface area contributed by atoms with Gasteiger partial charge in [-0.05, 0) is 19.3 Å². The number of hydrogen-bond donors (Lipinski definition) is 0. The minimum Gasteiger partial charge on any atom is -0.356 e. The van der Waals surface area contributed by atoms with Gasteiger partial charge in [0.15, 0.2) is 6.29 Å². The minimum absolute atomic E-state index is 0.0237. The van der Waals surface area contributed by atoms with Crippen LogP contribution in [0.4, 0.5) is 0 Å². The van der Waals surface area contributed by atoms with E-state index in [1.165, 1.54) is 44.9 Å². The summed E-state index contributed by atoms with van der Waals surface area (Å²) in [5, 5.41) is 0. The quantitative estimate of drug-likeness (QED) is 0.362. The molecule has 0 aromatic rings. The molecule has 0 aliphatic carbocycles. The van der Waals surface area contributed by atoms with Gasteiger partial charge in [0.25, 0.3) is 0 Å². The first-order valence-corrected chi connectivity index (χ1v) is 6.99. The molecule has 0 spiro atoms. The van der Waals surface area contributed by atoms with E-state index < -0.39 is 0 Å². The van der Waals surface area contributed by atoms with Crippen LogP contribution >= 0.6 is 0 Å². The summed E-state index contributed by atoms with van der Waals surface area (Å²) in [6.45, 7) is 5.20. The highest BCUT2D eigenvalue weighted by atomic mass is 16.7. The van der Waals surface area contributed by atoms with E-state index in [2.05, 4.69) is 13.8 Å². The third kappa shape index (κ3) is 10.4. The first-order valence-electron chi connectivity index (χ1n) is 6.99. The second kappa shape index (κ2) is 13.0. The van der Waals surface area contributed by atoms with Crippen LogP contribution in [-0.2, 0) is 9.47 Å². The van der Waals surface area contributed by atoms with Crippen molar-refractivity contribution in [1.29, 1.82) is 0 Å². The van der Waals surface area contributed by atoms with Crippen LogP contribution in [0.2, 0.25) is 0 Å². The Morgan fingerprint density at radius 1 is 0.812 bits per heavy atom. The smallest absolute Gasteiger partial charge is 0.157 e. The fraction of sp³-hybridized carbons (Fsp3) is 1.00. The lowest BCUT2D eigenvalue weighted by Gasteiger charge is -2.15. The van der Waals surface area contributed by atoms with E-state index in [0.29, 0.717) is 0 Å². The molecule has 0 aliphatic heterocycles. The summed E-state index contributed by atoms with van der Waals surface area (Å²) in [6, 6.07) is 0. The van der Waals surface area contributed by atoms with Crippen LogP contribution in [0.5, 0.6) is 0 Å². The maximum absolute atomic E-state index is 5.56. The monoisotopic (exact) mass is 230 g/mol. The van der Waals surface area contributed by atoms with Gasteiger partial charge < -0.3 is 9.47 Å². The third-order valence-electron chi connectivity index (χ3n) is 2.81. The van der Waals surface area contributed by atoms with Crippen LogP contribution in [-0.4, -0.2) is 20.0 Å². The summed E-state index contributed by atoms with van der Waals surface area (Å²) in [5.74, 6) is 0. The number of methoxy groups -OCH3 is 1. The molecule has 2 heteroatoms. The summed E-state index contributed by atoms with van der Waals surface area (Å²) < 4.78 is 10.8. The van der Waals surface area contributed by atoms with Crippen molar-refractivity contribution in [2.45, 2.75) is 77.9 Å². The van der Waals surface area contributed by atoms with Crippen LogP contribution in [0.1, 0.15) is 71.6 Å². The molecule has 0 aromatic heterocycles. The van der Waals surface area contributed by atoms with Gasteiger partial charge in [-0.25, -0.2) is 0 Å². The molecule has 0 aromatic carbocycles. The van der Waals surface area contributed by atoms with Gasteiger partial charge in [-0.1, -0.05) is 52.4 Å². The average molecular weight is 230 g/mol. The van der Waals surface area contributed by atoms with E-state index in [1.54, 1.807) is 7.11 Å². The van der Waals surface area contributed by atoms with E-state index in [-0.39, 0.29) is 6.29 Å². The lowest BCUT2D eigenvalue weighted by molar-refractivity contribution is -0.128. The summed E-state index contributed by atoms with van der Waals surface area (Å²) in [6.07, 6.45) is 11.6. The minimum atomic E-state index is 0.0237. The Morgan fingerprint density at radius 3 is 2.00 bits per heavy atom. The second-order valence-corrected chi connectivity index (χ2v) is 4.45. The Balaban J connectivity index is 3.20. The molecule has 0 saturated heterocycles. The lowest BCUT2D eigenvalue weighted by atomic mass is 10.1. The highest BCUT2D eigenvalue weighted by Gasteiger charge is 2.05. The predicted octanol–water partition coefficient (Wildman–Crippen LogP) is 4.53. The zero-order chi connectivity index (χ0) is 12.1. The molecule has 0 aliphatic rings. The number of unbranched alkanes of at least 4 members (excludes halogenated alkanes) is 6. The molecule has 0 saturated carbocycles. The van der Waals surface area contributed by atoms with Crippen LogP contribution in [0, 0.1) is 0 Å². The molecule has 0 fully saturated rings. The first-order chi connectivity index (χ1) is 7.85. The van der Waals surface area contributed by atoms with Crippen LogP contribution in [0.25, 0.3) is 0 Å². The average Bonchev–Trinajstić information content (AvgIpc) is 2.32. The standard InChI is InChI=1S/C14H30O2/c1-4-6-7-8-9-10-11-12-14(15-3)16-13-5-2/h14H,4-13H2,1-3H3. The number of ether oxygens (including phenoxy) is 2. The van der Waals surface area contributed by atoms with E-state index >= 15 is 0 Å². The van der Waals surface area contributed by atoms with Gasteiger partial charge in [0, 0.05) is 13.7 Å². The molecule has 1 atom stereocenters. The largest absolute Gasteiger partial charge is 0.356 e. The predicted molar refractivity (Wildman–Crippen MR) is 69.7 cm³/mol. The normalized spacial score (nSPS) is 12.9. The van der Waals surface area contributed by atoms with Gasteiger partial charge in [-0.15, -0.1) is 0 Å². The lowest BCUT2D eigenvalue weighted by Crippen LogP contribution is -2.15.